The summed E-state index contributed by atoms with van der Waals surface area (Å²) in [5.41, 5.74) is 1.30. The van der Waals surface area contributed by atoms with Gasteiger partial charge in [0.25, 0.3) is 0 Å². The molecule has 2 rings (SSSR count). The van der Waals surface area contributed by atoms with Crippen molar-refractivity contribution in [2.24, 2.45) is 0 Å². The van der Waals surface area contributed by atoms with Crippen molar-refractivity contribution in [3.63, 3.8) is 0 Å². The molecule has 0 radical (unpaired) electrons. The third kappa shape index (κ3) is 1.27. The van der Waals surface area contributed by atoms with Gasteiger partial charge in [-0.1, -0.05) is 23.2 Å². The molecule has 2 nitrogen and oxygen atoms in total. The predicted molar refractivity (Wildman–Crippen MR) is 52.1 cm³/mol. The Kier molecular flexibility index (Phi) is 1.91. The van der Waals surface area contributed by atoms with Gasteiger partial charge in [-0.3, -0.25) is 0 Å². The molecule has 0 spiro atoms. The van der Waals surface area contributed by atoms with Gasteiger partial charge in [0.15, 0.2) is 0 Å². The zero-order chi connectivity index (χ0) is 9.42. The fourth-order valence-corrected chi connectivity index (χ4v) is 1.63. The quantitative estimate of drug-likeness (QED) is 0.615. The molecule has 2 aromatic heterocycles. The fraction of sp³-hybridized carbons (Fsp3) is 0. The van der Waals surface area contributed by atoms with Gasteiger partial charge in [-0.05, 0) is 18.2 Å². The Morgan fingerprint density at radius 3 is 2.77 bits per heavy atom. The van der Waals surface area contributed by atoms with Crippen LogP contribution < -0.4 is 0 Å². The molecular weight excluding hydrogens is 207 g/mol. The Morgan fingerprint density at radius 1 is 1.31 bits per heavy atom. The van der Waals surface area contributed by atoms with Crippen LogP contribution >= 0.6 is 23.2 Å². The lowest BCUT2D eigenvalue weighted by Gasteiger charge is -1.98. The van der Waals surface area contributed by atoms with Crippen LogP contribution in [0.2, 0.25) is 10.2 Å². The highest BCUT2D eigenvalue weighted by atomic mass is 35.5. The van der Waals surface area contributed by atoms with Crippen molar-refractivity contribution in [3.8, 4) is 6.07 Å². The molecular formula is C9H4Cl2N2. The highest BCUT2D eigenvalue weighted by molar-refractivity contribution is 6.32. The van der Waals surface area contributed by atoms with E-state index in [0.29, 0.717) is 15.7 Å². The molecule has 2 heterocycles. The number of nitrogens with zero attached hydrogens (tertiary/aromatic N) is 2. The van der Waals surface area contributed by atoms with Crippen molar-refractivity contribution >= 4 is 28.7 Å². The second kappa shape index (κ2) is 2.95. The molecule has 0 bridgehead atoms. The van der Waals surface area contributed by atoms with E-state index in [1.165, 1.54) is 0 Å². The number of fused-ring (bicyclic) bond motifs is 1. The number of pyridine rings is 1. The summed E-state index contributed by atoms with van der Waals surface area (Å²) in [6, 6.07) is 7.13. The average molecular weight is 211 g/mol. The van der Waals surface area contributed by atoms with Gasteiger partial charge in [0.1, 0.15) is 11.2 Å². The molecule has 64 valence electrons. The summed E-state index contributed by atoms with van der Waals surface area (Å²) in [5.74, 6) is 0. The standard InChI is InChI=1S/C9H4Cl2N2/c10-7-3-8-6(4-12)1-2-9(11)13(8)5-7/h1-3,5H. The highest BCUT2D eigenvalue weighted by Gasteiger charge is 2.05. The van der Waals surface area contributed by atoms with E-state index in [-0.39, 0.29) is 0 Å². The molecule has 0 unspecified atom stereocenters. The van der Waals surface area contributed by atoms with Crippen LogP contribution in [0.1, 0.15) is 5.56 Å². The van der Waals surface area contributed by atoms with E-state index in [1.54, 1.807) is 28.8 Å². The van der Waals surface area contributed by atoms with Crippen molar-refractivity contribution in [2.45, 2.75) is 0 Å². The number of hydrogen-bond acceptors (Lipinski definition) is 1. The molecule has 0 saturated heterocycles. The second-order valence-corrected chi connectivity index (χ2v) is 3.42. The summed E-state index contributed by atoms with van der Waals surface area (Å²) in [7, 11) is 0. The summed E-state index contributed by atoms with van der Waals surface area (Å²) in [5, 5.41) is 9.90. The van der Waals surface area contributed by atoms with Crippen LogP contribution in [-0.2, 0) is 0 Å². The van der Waals surface area contributed by atoms with Crippen molar-refractivity contribution < 1.29 is 0 Å². The normalized spacial score (nSPS) is 10.2. The first-order valence-electron chi connectivity index (χ1n) is 3.58. The van der Waals surface area contributed by atoms with E-state index in [2.05, 4.69) is 6.07 Å². The van der Waals surface area contributed by atoms with Crippen LogP contribution in [0.5, 0.6) is 0 Å². The van der Waals surface area contributed by atoms with Crippen molar-refractivity contribution in [1.82, 2.24) is 4.40 Å². The molecule has 0 amide bonds. The minimum absolute atomic E-state index is 0.543. The smallest absolute Gasteiger partial charge is 0.113 e. The van der Waals surface area contributed by atoms with Crippen LogP contribution in [0.25, 0.3) is 5.52 Å². The van der Waals surface area contributed by atoms with Gasteiger partial charge in [0.05, 0.1) is 16.1 Å². The zero-order valence-electron chi connectivity index (χ0n) is 6.46. The molecule has 0 fully saturated rings. The Bertz CT molecular complexity index is 508. The lowest BCUT2D eigenvalue weighted by Crippen LogP contribution is -1.86. The summed E-state index contributed by atoms with van der Waals surface area (Å²) < 4.78 is 1.68. The van der Waals surface area contributed by atoms with Crippen molar-refractivity contribution in [1.29, 1.82) is 5.26 Å². The highest BCUT2D eigenvalue weighted by Crippen LogP contribution is 2.22. The van der Waals surface area contributed by atoms with Gasteiger partial charge < -0.3 is 4.40 Å². The zero-order valence-corrected chi connectivity index (χ0v) is 7.97. The van der Waals surface area contributed by atoms with E-state index >= 15 is 0 Å². The monoisotopic (exact) mass is 210 g/mol. The maximum Gasteiger partial charge on any atom is 0.113 e. The Labute approximate surface area is 84.9 Å². The first-order valence-corrected chi connectivity index (χ1v) is 4.34. The second-order valence-electron chi connectivity index (χ2n) is 2.60. The minimum Gasteiger partial charge on any atom is -0.305 e. The molecule has 0 aliphatic heterocycles. The number of nitriles is 1. The lowest BCUT2D eigenvalue weighted by molar-refractivity contribution is 1.19. The van der Waals surface area contributed by atoms with E-state index in [1.807, 2.05) is 0 Å². The number of rotatable bonds is 0. The van der Waals surface area contributed by atoms with E-state index in [4.69, 9.17) is 28.5 Å². The van der Waals surface area contributed by atoms with Gasteiger partial charge >= 0.3 is 0 Å². The first kappa shape index (κ1) is 8.43. The molecule has 0 aliphatic rings. The fourth-order valence-electron chi connectivity index (χ4n) is 1.23. The number of aromatic nitrogens is 1. The first-order chi connectivity index (χ1) is 6.22. The molecule has 13 heavy (non-hydrogen) atoms. The van der Waals surface area contributed by atoms with E-state index in [0.717, 1.165) is 5.52 Å². The van der Waals surface area contributed by atoms with Crippen LogP contribution in [-0.4, -0.2) is 4.40 Å². The molecule has 0 aliphatic carbocycles. The van der Waals surface area contributed by atoms with Gasteiger partial charge in [0, 0.05) is 6.20 Å². The molecule has 2 aromatic rings. The molecule has 0 N–H and O–H groups in total. The largest absolute Gasteiger partial charge is 0.305 e. The van der Waals surface area contributed by atoms with Gasteiger partial charge in [-0.15, -0.1) is 0 Å². The van der Waals surface area contributed by atoms with Crippen molar-refractivity contribution in [3.05, 3.63) is 40.1 Å². The summed E-state index contributed by atoms with van der Waals surface area (Å²) in [4.78, 5) is 0. The maximum absolute atomic E-state index is 8.79. The summed E-state index contributed by atoms with van der Waals surface area (Å²) in [6.07, 6.45) is 1.68. The molecule has 4 heteroatoms. The Balaban J connectivity index is 2.94. The molecule has 0 saturated carbocycles. The predicted octanol–water partition coefficient (Wildman–Crippen LogP) is 3.12. The Hall–Kier alpha value is -1.17. The Morgan fingerprint density at radius 2 is 2.08 bits per heavy atom. The van der Waals surface area contributed by atoms with E-state index < -0.39 is 0 Å². The lowest BCUT2D eigenvalue weighted by atomic mass is 10.2. The number of halogens is 2. The third-order valence-electron chi connectivity index (χ3n) is 1.80. The minimum atomic E-state index is 0.543. The van der Waals surface area contributed by atoms with Crippen LogP contribution in [0.3, 0.4) is 0 Å². The van der Waals surface area contributed by atoms with Gasteiger partial charge in [-0.25, -0.2) is 0 Å². The summed E-state index contributed by atoms with van der Waals surface area (Å²) >= 11 is 11.7. The molecule has 0 atom stereocenters. The number of hydrogen-bond donors (Lipinski definition) is 0. The maximum atomic E-state index is 8.79. The van der Waals surface area contributed by atoms with Crippen molar-refractivity contribution in [2.75, 3.05) is 0 Å². The topological polar surface area (TPSA) is 28.2 Å². The van der Waals surface area contributed by atoms with Crippen LogP contribution in [0.15, 0.2) is 24.4 Å². The average Bonchev–Trinajstić information content (AvgIpc) is 2.48. The van der Waals surface area contributed by atoms with Crippen LogP contribution in [0, 0.1) is 11.3 Å². The molecule has 0 aromatic carbocycles. The third-order valence-corrected chi connectivity index (χ3v) is 2.32. The summed E-state index contributed by atoms with van der Waals surface area (Å²) in [6.45, 7) is 0. The van der Waals surface area contributed by atoms with Gasteiger partial charge in [-0.2, -0.15) is 5.26 Å². The SMILES string of the molecule is N#Cc1ccc(Cl)n2cc(Cl)cc12. The van der Waals surface area contributed by atoms with Gasteiger partial charge in [0.2, 0.25) is 0 Å². The van der Waals surface area contributed by atoms with Crippen LogP contribution in [0.4, 0.5) is 0 Å². The van der Waals surface area contributed by atoms with E-state index in [9.17, 15) is 0 Å².